The zero-order valence-corrected chi connectivity index (χ0v) is 14.5. The van der Waals surface area contributed by atoms with Crippen molar-refractivity contribution < 1.29 is 14.6 Å². The smallest absolute Gasteiger partial charge is 0.277 e. The molecule has 1 aromatic rings. The quantitative estimate of drug-likeness (QED) is 0.614. The molecule has 1 amide bonds. The van der Waals surface area contributed by atoms with Gasteiger partial charge in [-0.2, -0.15) is 0 Å². The number of carbonyl (C=O) groups is 1. The molecule has 2 atom stereocenters. The lowest BCUT2D eigenvalue weighted by molar-refractivity contribution is -0.394. The lowest BCUT2D eigenvalue weighted by Crippen LogP contribution is -2.37. The summed E-state index contributed by atoms with van der Waals surface area (Å²) in [5.41, 5.74) is -0.719. The van der Waals surface area contributed by atoms with Crippen LogP contribution in [0.25, 0.3) is 0 Å². The van der Waals surface area contributed by atoms with Gasteiger partial charge >= 0.3 is 0 Å². The van der Waals surface area contributed by atoms with Gasteiger partial charge in [-0.3, -0.25) is 25.0 Å². The van der Waals surface area contributed by atoms with Crippen LogP contribution in [0.4, 0.5) is 11.4 Å². The number of amides is 1. The van der Waals surface area contributed by atoms with Crippen LogP contribution in [0.1, 0.15) is 50.4 Å². The van der Waals surface area contributed by atoms with Gasteiger partial charge in [0.05, 0.1) is 21.5 Å². The van der Waals surface area contributed by atoms with Crippen LogP contribution < -0.4 is 0 Å². The summed E-state index contributed by atoms with van der Waals surface area (Å²) >= 11 is 0. The standard InChI is InChI=1S/C17H21N3O5/c1-16(2)7-14-8-17(3,9-16)10-18(14)15(21)11-4-12(19(22)23)6-13(5-11)20(24)25/h4-6,14H,7-10H2,1-3H3/t14-,17-/m0/s1. The summed E-state index contributed by atoms with van der Waals surface area (Å²) in [4.78, 5) is 35.4. The van der Waals surface area contributed by atoms with E-state index in [0.29, 0.717) is 6.54 Å². The second-order valence-corrected chi connectivity index (χ2v) is 8.40. The fourth-order valence-corrected chi connectivity index (χ4v) is 4.79. The molecule has 25 heavy (non-hydrogen) atoms. The van der Waals surface area contributed by atoms with Gasteiger partial charge in [0.1, 0.15) is 0 Å². The predicted octanol–water partition coefficient (Wildman–Crippen LogP) is 3.54. The van der Waals surface area contributed by atoms with E-state index in [9.17, 15) is 25.0 Å². The number of fused-ring (bicyclic) bond motifs is 2. The number of carbonyl (C=O) groups excluding carboxylic acids is 1. The number of nitro benzene ring substituents is 2. The highest BCUT2D eigenvalue weighted by Gasteiger charge is 2.51. The van der Waals surface area contributed by atoms with E-state index in [2.05, 4.69) is 20.8 Å². The molecule has 8 heteroatoms. The molecule has 0 unspecified atom stereocenters. The van der Waals surface area contributed by atoms with Crippen molar-refractivity contribution in [3.05, 3.63) is 44.0 Å². The summed E-state index contributed by atoms with van der Waals surface area (Å²) in [6.07, 6.45) is 2.78. The Morgan fingerprint density at radius 3 is 2.16 bits per heavy atom. The van der Waals surface area contributed by atoms with Gasteiger partial charge in [-0.15, -0.1) is 0 Å². The number of non-ortho nitro benzene ring substituents is 2. The number of likely N-dealkylation sites (tertiary alicyclic amines) is 1. The number of rotatable bonds is 3. The number of hydrogen-bond donors (Lipinski definition) is 0. The molecule has 8 nitrogen and oxygen atoms in total. The average molecular weight is 347 g/mol. The van der Waals surface area contributed by atoms with Gasteiger partial charge in [-0.25, -0.2) is 0 Å². The molecule has 0 spiro atoms. The Morgan fingerprint density at radius 1 is 1.08 bits per heavy atom. The molecular weight excluding hydrogens is 326 g/mol. The maximum absolute atomic E-state index is 13.0. The Hall–Kier alpha value is -2.51. The van der Waals surface area contributed by atoms with E-state index in [-0.39, 0.29) is 28.3 Å². The van der Waals surface area contributed by atoms with E-state index >= 15 is 0 Å². The Labute approximate surface area is 145 Å². The Kier molecular flexibility index (Phi) is 3.81. The van der Waals surface area contributed by atoms with Crippen molar-refractivity contribution in [2.24, 2.45) is 10.8 Å². The van der Waals surface area contributed by atoms with Crippen LogP contribution in [0, 0.1) is 31.1 Å². The maximum atomic E-state index is 13.0. The summed E-state index contributed by atoms with van der Waals surface area (Å²) in [6, 6.07) is 3.21. The van der Waals surface area contributed by atoms with Crippen molar-refractivity contribution >= 4 is 17.3 Å². The SMILES string of the molecule is CC1(C)C[C@H]2C[C@](C)(CN2C(=O)c2cc([N+](=O)[O-])cc([N+](=O)[O-])c2)C1. The van der Waals surface area contributed by atoms with Gasteiger partial charge in [0.2, 0.25) is 0 Å². The summed E-state index contributed by atoms with van der Waals surface area (Å²) in [6.45, 7) is 7.10. The van der Waals surface area contributed by atoms with Gasteiger partial charge in [-0.1, -0.05) is 20.8 Å². The molecule has 2 aliphatic rings. The van der Waals surface area contributed by atoms with Crippen LogP contribution in [0.2, 0.25) is 0 Å². The molecule has 0 radical (unpaired) electrons. The van der Waals surface area contributed by atoms with E-state index in [1.165, 1.54) is 0 Å². The van der Waals surface area contributed by atoms with Gasteiger partial charge in [0.15, 0.2) is 0 Å². The first-order chi connectivity index (χ1) is 11.5. The second-order valence-electron chi connectivity index (χ2n) is 8.40. The van der Waals surface area contributed by atoms with Crippen molar-refractivity contribution in [2.75, 3.05) is 6.54 Å². The van der Waals surface area contributed by atoms with E-state index in [0.717, 1.165) is 37.5 Å². The first-order valence-electron chi connectivity index (χ1n) is 8.25. The molecule has 1 saturated carbocycles. The minimum atomic E-state index is -0.712. The Morgan fingerprint density at radius 2 is 1.64 bits per heavy atom. The molecule has 1 aromatic carbocycles. The first kappa shape index (κ1) is 17.3. The van der Waals surface area contributed by atoms with Crippen molar-refractivity contribution in [1.82, 2.24) is 4.90 Å². The Balaban J connectivity index is 1.96. The van der Waals surface area contributed by atoms with Gasteiger partial charge < -0.3 is 4.90 Å². The summed E-state index contributed by atoms with van der Waals surface area (Å²) in [5, 5.41) is 22.1. The van der Waals surface area contributed by atoms with E-state index in [4.69, 9.17) is 0 Å². The van der Waals surface area contributed by atoms with E-state index in [1.54, 1.807) is 4.90 Å². The highest BCUT2D eigenvalue weighted by Crippen LogP contribution is 2.52. The highest BCUT2D eigenvalue weighted by atomic mass is 16.6. The van der Waals surface area contributed by atoms with E-state index < -0.39 is 21.2 Å². The number of nitrogens with zero attached hydrogens (tertiary/aromatic N) is 3. The zero-order valence-electron chi connectivity index (χ0n) is 14.5. The normalized spacial score (nSPS) is 27.2. The largest absolute Gasteiger partial charge is 0.335 e. The van der Waals surface area contributed by atoms with Crippen molar-refractivity contribution in [1.29, 1.82) is 0 Å². The molecule has 2 fully saturated rings. The van der Waals surface area contributed by atoms with Crippen LogP contribution in [0.15, 0.2) is 18.2 Å². The fraction of sp³-hybridized carbons (Fsp3) is 0.588. The first-order valence-corrected chi connectivity index (χ1v) is 8.25. The lowest BCUT2D eigenvalue weighted by atomic mass is 9.65. The predicted molar refractivity (Wildman–Crippen MR) is 90.3 cm³/mol. The molecule has 1 aliphatic carbocycles. The monoisotopic (exact) mass is 347 g/mol. The van der Waals surface area contributed by atoms with Crippen LogP contribution in [0.3, 0.4) is 0 Å². The minimum Gasteiger partial charge on any atom is -0.335 e. The molecule has 134 valence electrons. The van der Waals surface area contributed by atoms with Crippen LogP contribution in [-0.2, 0) is 0 Å². The van der Waals surface area contributed by atoms with Crippen LogP contribution >= 0.6 is 0 Å². The summed E-state index contributed by atoms with van der Waals surface area (Å²) < 4.78 is 0. The Bertz CT molecular complexity index is 743. The fourth-order valence-electron chi connectivity index (χ4n) is 4.79. The molecule has 0 aromatic heterocycles. The topological polar surface area (TPSA) is 107 Å². The molecular formula is C17H21N3O5. The minimum absolute atomic E-state index is 0.00913. The molecule has 2 bridgehead atoms. The number of hydrogen-bond acceptors (Lipinski definition) is 5. The van der Waals surface area contributed by atoms with Gasteiger partial charge in [0, 0.05) is 24.7 Å². The maximum Gasteiger partial charge on any atom is 0.277 e. The zero-order chi connectivity index (χ0) is 18.6. The van der Waals surface area contributed by atoms with Crippen molar-refractivity contribution in [3.63, 3.8) is 0 Å². The molecule has 0 N–H and O–H groups in total. The third-order valence-corrected chi connectivity index (χ3v) is 5.25. The van der Waals surface area contributed by atoms with Crippen LogP contribution in [-0.4, -0.2) is 33.2 Å². The summed E-state index contributed by atoms with van der Waals surface area (Å²) in [5.74, 6) is -0.363. The molecule has 1 heterocycles. The summed E-state index contributed by atoms with van der Waals surface area (Å²) in [7, 11) is 0. The van der Waals surface area contributed by atoms with Crippen molar-refractivity contribution in [3.8, 4) is 0 Å². The lowest BCUT2D eigenvalue weighted by Gasteiger charge is -2.39. The molecule has 1 aliphatic heterocycles. The average Bonchev–Trinajstić information content (AvgIpc) is 2.74. The molecule has 3 rings (SSSR count). The third kappa shape index (κ3) is 3.20. The van der Waals surface area contributed by atoms with Gasteiger partial charge in [0.25, 0.3) is 17.3 Å². The number of nitro groups is 2. The van der Waals surface area contributed by atoms with Crippen molar-refractivity contribution in [2.45, 2.75) is 46.1 Å². The van der Waals surface area contributed by atoms with Gasteiger partial charge in [-0.05, 0) is 30.1 Å². The number of benzene rings is 1. The van der Waals surface area contributed by atoms with E-state index in [1.807, 2.05) is 0 Å². The third-order valence-electron chi connectivity index (χ3n) is 5.25. The second kappa shape index (κ2) is 5.50. The molecule has 1 saturated heterocycles. The van der Waals surface area contributed by atoms with Crippen LogP contribution in [0.5, 0.6) is 0 Å². The highest BCUT2D eigenvalue weighted by molar-refractivity contribution is 5.96.